The highest BCUT2D eigenvalue weighted by Gasteiger charge is 2.66. The number of aliphatic hydroxyl groups is 1. The van der Waals surface area contributed by atoms with Gasteiger partial charge in [0.2, 0.25) is 0 Å². The first kappa shape index (κ1) is 25.0. The molecule has 7 atom stereocenters. The Kier molecular flexibility index (Phi) is 6.22. The van der Waals surface area contributed by atoms with Crippen LogP contribution in [-0.4, -0.2) is 34.0 Å². The summed E-state index contributed by atoms with van der Waals surface area (Å²) < 4.78 is 12.4. The third-order valence-electron chi connectivity index (χ3n) is 10.6. The minimum absolute atomic E-state index is 0.0749. The molecule has 0 amide bonds. The second-order valence-corrected chi connectivity index (χ2v) is 12.1. The average molecular weight is 483 g/mol. The summed E-state index contributed by atoms with van der Waals surface area (Å²) in [5.41, 5.74) is 1.64. The number of carbonyl (C=O) groups is 1. The van der Waals surface area contributed by atoms with Crippen LogP contribution in [0.3, 0.4) is 0 Å². The zero-order valence-corrected chi connectivity index (χ0v) is 21.8. The number of allylic oxidation sites excluding steroid dienone is 1. The van der Waals surface area contributed by atoms with Crippen LogP contribution >= 0.6 is 0 Å². The summed E-state index contributed by atoms with van der Waals surface area (Å²) in [6.45, 7) is 9.40. The molecular weight excluding hydrogens is 440 g/mol. The highest BCUT2D eigenvalue weighted by molar-refractivity contribution is 5.86. The zero-order chi connectivity index (χ0) is 25.1. The minimum atomic E-state index is -1.15. The molecule has 4 aliphatic rings. The summed E-state index contributed by atoms with van der Waals surface area (Å²) in [6, 6.07) is 6.97. The fourth-order valence-corrected chi connectivity index (χ4v) is 8.71. The Hall–Kier alpha value is -1.69. The molecule has 5 heteroatoms. The molecular formula is C30H42O5. The predicted octanol–water partition coefficient (Wildman–Crippen LogP) is 5.92. The largest absolute Gasteiger partial charge is 0.508 e. The summed E-state index contributed by atoms with van der Waals surface area (Å²) in [4.78, 5) is 12.9. The van der Waals surface area contributed by atoms with Gasteiger partial charge in [0, 0.05) is 24.9 Å². The van der Waals surface area contributed by atoms with Gasteiger partial charge in [0.05, 0.1) is 6.61 Å². The second kappa shape index (κ2) is 8.71. The van der Waals surface area contributed by atoms with Gasteiger partial charge in [0.1, 0.15) is 11.4 Å². The third-order valence-corrected chi connectivity index (χ3v) is 10.6. The van der Waals surface area contributed by atoms with E-state index in [4.69, 9.17) is 9.47 Å². The van der Waals surface area contributed by atoms with Gasteiger partial charge in [-0.15, -0.1) is 0 Å². The summed E-state index contributed by atoms with van der Waals surface area (Å²) in [5.74, 6) is 0.925. The monoisotopic (exact) mass is 482 g/mol. The molecule has 0 spiro atoms. The summed E-state index contributed by atoms with van der Waals surface area (Å²) in [5, 5.41) is 20.9. The van der Waals surface area contributed by atoms with Gasteiger partial charge < -0.3 is 19.7 Å². The lowest BCUT2D eigenvalue weighted by molar-refractivity contribution is -0.232. The number of benzene rings is 1. The first-order chi connectivity index (χ1) is 16.6. The van der Waals surface area contributed by atoms with Crippen molar-refractivity contribution in [3.63, 3.8) is 0 Å². The van der Waals surface area contributed by atoms with Gasteiger partial charge in [-0.25, -0.2) is 0 Å². The van der Waals surface area contributed by atoms with Crippen molar-refractivity contribution in [3.8, 4) is 5.75 Å². The van der Waals surface area contributed by atoms with Crippen LogP contribution in [0.4, 0.5) is 0 Å². The number of aromatic hydroxyl groups is 1. The Morgan fingerprint density at radius 3 is 2.43 bits per heavy atom. The predicted molar refractivity (Wildman–Crippen MR) is 135 cm³/mol. The Balaban J connectivity index is 1.35. The Labute approximate surface area is 209 Å². The molecule has 2 N–H and O–H groups in total. The highest BCUT2D eigenvalue weighted by Crippen LogP contribution is 2.68. The van der Waals surface area contributed by atoms with Gasteiger partial charge in [-0.1, -0.05) is 37.6 Å². The van der Waals surface area contributed by atoms with E-state index >= 15 is 0 Å². The molecule has 192 valence electrons. The number of rotatable bonds is 6. The van der Waals surface area contributed by atoms with Crippen LogP contribution < -0.4 is 0 Å². The number of hydrogen-bond acceptors (Lipinski definition) is 5. The Morgan fingerprint density at radius 2 is 1.74 bits per heavy atom. The number of phenols is 1. The number of fused-ring (bicyclic) bond motifs is 5. The average Bonchev–Trinajstić information content (AvgIpc) is 3.13. The fraction of sp³-hybridized carbons (Fsp3) is 0.700. The van der Waals surface area contributed by atoms with E-state index in [1.54, 1.807) is 19.1 Å². The van der Waals surface area contributed by atoms with Crippen LogP contribution in [0.1, 0.15) is 84.6 Å². The maximum absolute atomic E-state index is 12.9. The van der Waals surface area contributed by atoms with Crippen LogP contribution in [-0.2, 0) is 20.9 Å². The zero-order valence-electron chi connectivity index (χ0n) is 21.8. The van der Waals surface area contributed by atoms with Crippen LogP contribution in [0.5, 0.6) is 5.75 Å². The number of ketones is 1. The maximum Gasteiger partial charge on any atom is 0.169 e. The third kappa shape index (κ3) is 3.81. The quantitative estimate of drug-likeness (QED) is 0.389. The molecule has 0 heterocycles. The standard InChI is InChI=1S/C30H42O5/c1-5-34-30(20(2)31)15-13-26-24-11-8-22-18-29(33,35-19-21-6-9-23(32)10-7-21)17-16-27(22,3)25(24)12-14-28(26,30)4/h6-10,24-26,32-33H,5,11-19H2,1-4H3/t24-,25+,26+,27+,28+,29?,30+/m1/s1. The van der Waals surface area contributed by atoms with E-state index in [9.17, 15) is 15.0 Å². The van der Waals surface area contributed by atoms with Crippen molar-refractivity contribution >= 4 is 5.78 Å². The normalized spacial score (nSPS) is 42.5. The van der Waals surface area contributed by atoms with E-state index in [0.717, 1.165) is 44.1 Å². The van der Waals surface area contributed by atoms with E-state index < -0.39 is 11.4 Å². The van der Waals surface area contributed by atoms with Crippen LogP contribution in [0, 0.1) is 28.6 Å². The maximum atomic E-state index is 12.9. The van der Waals surface area contributed by atoms with Crippen LogP contribution in [0.2, 0.25) is 0 Å². The number of hydrogen-bond donors (Lipinski definition) is 2. The molecule has 1 aromatic carbocycles. The molecule has 0 radical (unpaired) electrons. The van der Waals surface area contributed by atoms with Crippen LogP contribution in [0.25, 0.3) is 0 Å². The van der Waals surface area contributed by atoms with Crippen molar-refractivity contribution in [1.29, 1.82) is 0 Å². The molecule has 0 bridgehead atoms. The van der Waals surface area contributed by atoms with Crippen molar-refractivity contribution in [1.82, 2.24) is 0 Å². The second-order valence-electron chi connectivity index (χ2n) is 12.1. The molecule has 1 aromatic rings. The molecule has 4 aliphatic carbocycles. The van der Waals surface area contributed by atoms with E-state index in [1.165, 1.54) is 5.57 Å². The van der Waals surface area contributed by atoms with Gasteiger partial charge in [0.25, 0.3) is 0 Å². The van der Waals surface area contributed by atoms with E-state index in [2.05, 4.69) is 19.9 Å². The molecule has 35 heavy (non-hydrogen) atoms. The molecule has 3 saturated carbocycles. The van der Waals surface area contributed by atoms with Gasteiger partial charge in [0.15, 0.2) is 11.6 Å². The topological polar surface area (TPSA) is 76.0 Å². The van der Waals surface area contributed by atoms with Gasteiger partial charge in [-0.2, -0.15) is 0 Å². The van der Waals surface area contributed by atoms with Crippen molar-refractivity contribution < 1.29 is 24.5 Å². The highest BCUT2D eigenvalue weighted by atomic mass is 16.6. The lowest BCUT2D eigenvalue weighted by atomic mass is 9.46. The van der Waals surface area contributed by atoms with Gasteiger partial charge in [-0.3, -0.25) is 4.79 Å². The van der Waals surface area contributed by atoms with E-state index in [-0.39, 0.29) is 22.4 Å². The van der Waals surface area contributed by atoms with Crippen molar-refractivity contribution in [2.75, 3.05) is 6.61 Å². The van der Waals surface area contributed by atoms with Crippen molar-refractivity contribution in [2.24, 2.45) is 28.6 Å². The van der Waals surface area contributed by atoms with Crippen molar-refractivity contribution in [2.45, 2.75) is 97.1 Å². The molecule has 0 aromatic heterocycles. The summed E-state index contributed by atoms with van der Waals surface area (Å²) in [7, 11) is 0. The number of ether oxygens (including phenoxy) is 2. The van der Waals surface area contributed by atoms with E-state index in [0.29, 0.717) is 43.8 Å². The molecule has 5 nitrogen and oxygen atoms in total. The number of Topliss-reactive ketones (excluding diaryl/α,β-unsaturated/α-hetero) is 1. The molecule has 1 unspecified atom stereocenters. The summed E-state index contributed by atoms with van der Waals surface area (Å²) in [6.07, 6.45) is 9.57. The minimum Gasteiger partial charge on any atom is -0.508 e. The SMILES string of the molecule is CCO[C@]1(C(C)=O)CC[C@H]2[C@@H]3CC=C4CC(O)(OCc5ccc(O)cc5)CC[C@]4(C)[C@H]3CC[C@@]21C. The van der Waals surface area contributed by atoms with Crippen LogP contribution in [0.15, 0.2) is 35.9 Å². The molecule has 0 aliphatic heterocycles. The van der Waals surface area contributed by atoms with Crippen molar-refractivity contribution in [3.05, 3.63) is 41.5 Å². The fourth-order valence-electron chi connectivity index (χ4n) is 8.71. The Bertz CT molecular complexity index is 1000. The molecule has 5 rings (SSSR count). The first-order valence-corrected chi connectivity index (χ1v) is 13.6. The Morgan fingerprint density at radius 1 is 1.03 bits per heavy atom. The smallest absolute Gasteiger partial charge is 0.169 e. The van der Waals surface area contributed by atoms with E-state index in [1.807, 2.05) is 19.1 Å². The van der Waals surface area contributed by atoms with Gasteiger partial charge >= 0.3 is 0 Å². The molecule has 0 saturated heterocycles. The molecule has 3 fully saturated rings. The number of phenolic OH excluding ortho intramolecular Hbond substituents is 1. The lowest BCUT2D eigenvalue weighted by Crippen LogP contribution is -2.58. The number of carbonyl (C=O) groups excluding carboxylic acids is 1. The summed E-state index contributed by atoms with van der Waals surface area (Å²) >= 11 is 0. The lowest BCUT2D eigenvalue weighted by Gasteiger charge is -2.60. The first-order valence-electron chi connectivity index (χ1n) is 13.6. The van der Waals surface area contributed by atoms with Gasteiger partial charge in [-0.05, 0) is 93.2 Å².